The van der Waals surface area contributed by atoms with Gasteiger partial charge in [0.25, 0.3) is 0 Å². The van der Waals surface area contributed by atoms with Gasteiger partial charge in [-0.1, -0.05) is 0 Å². The molecule has 0 unspecified atom stereocenters. The number of carbonyl (C=O) groups is 1. The van der Waals surface area contributed by atoms with E-state index in [2.05, 4.69) is 0 Å². The van der Waals surface area contributed by atoms with Gasteiger partial charge >= 0.3 is 12.4 Å². The van der Waals surface area contributed by atoms with Crippen molar-refractivity contribution < 1.29 is 31.1 Å². The first-order valence-corrected chi connectivity index (χ1v) is 4.77. The monoisotopic (exact) mass is 283 g/mol. The molecular weight excluding hydrogens is 276 g/mol. The predicted molar refractivity (Wildman–Crippen MR) is 54.7 cm³/mol. The van der Waals surface area contributed by atoms with E-state index >= 15 is 0 Å². The molecule has 0 bridgehead atoms. The van der Waals surface area contributed by atoms with Crippen LogP contribution in [0.2, 0.25) is 0 Å². The number of amides is 1. The van der Waals surface area contributed by atoms with Gasteiger partial charge in [0.2, 0.25) is 5.91 Å². The largest absolute Gasteiger partial charge is 0.416 e. The van der Waals surface area contributed by atoms with E-state index in [1.54, 1.807) is 0 Å². The van der Waals surface area contributed by atoms with Crippen molar-refractivity contribution >= 4 is 12.0 Å². The van der Waals surface area contributed by atoms with Gasteiger partial charge in [0.15, 0.2) is 0 Å². The number of nitrogens with two attached hydrogens (primary N) is 1. The highest BCUT2D eigenvalue weighted by Gasteiger charge is 2.36. The molecule has 0 aliphatic carbocycles. The number of benzene rings is 1. The van der Waals surface area contributed by atoms with Gasteiger partial charge in [0, 0.05) is 6.08 Å². The van der Waals surface area contributed by atoms with E-state index in [0.717, 1.165) is 6.08 Å². The summed E-state index contributed by atoms with van der Waals surface area (Å²) in [4.78, 5) is 10.4. The number of halogens is 6. The van der Waals surface area contributed by atoms with E-state index in [-0.39, 0.29) is 6.07 Å². The average Bonchev–Trinajstić information content (AvgIpc) is 2.23. The molecule has 2 nitrogen and oxygen atoms in total. The third-order valence-electron chi connectivity index (χ3n) is 2.05. The maximum Gasteiger partial charge on any atom is 0.416 e. The molecule has 0 fully saturated rings. The maximum absolute atomic E-state index is 12.5. The highest BCUT2D eigenvalue weighted by Crippen LogP contribution is 2.36. The lowest BCUT2D eigenvalue weighted by Crippen LogP contribution is -2.11. The lowest BCUT2D eigenvalue weighted by atomic mass is 10.0. The molecule has 0 heterocycles. The van der Waals surface area contributed by atoms with Crippen molar-refractivity contribution in [3.63, 3.8) is 0 Å². The Bertz CT molecular complexity index is 483. The Morgan fingerprint density at radius 1 is 0.947 bits per heavy atom. The molecule has 1 aromatic rings. The first-order chi connectivity index (χ1) is 8.50. The van der Waals surface area contributed by atoms with Crippen LogP contribution in [0.4, 0.5) is 26.3 Å². The molecule has 0 saturated carbocycles. The number of carbonyl (C=O) groups excluding carboxylic acids is 1. The Morgan fingerprint density at radius 2 is 1.37 bits per heavy atom. The lowest BCUT2D eigenvalue weighted by Gasteiger charge is -2.12. The van der Waals surface area contributed by atoms with Crippen LogP contribution in [0.1, 0.15) is 16.7 Å². The van der Waals surface area contributed by atoms with Crippen molar-refractivity contribution in [1.82, 2.24) is 0 Å². The Labute approximate surface area is 103 Å². The second kappa shape index (κ2) is 4.94. The maximum atomic E-state index is 12.5. The molecule has 104 valence electrons. The normalized spacial score (nSPS) is 12.9. The highest BCUT2D eigenvalue weighted by molar-refractivity contribution is 5.90. The van der Waals surface area contributed by atoms with Crippen LogP contribution < -0.4 is 5.73 Å². The summed E-state index contributed by atoms with van der Waals surface area (Å²) in [7, 11) is 0. The molecule has 1 aromatic carbocycles. The minimum Gasteiger partial charge on any atom is -0.366 e. The van der Waals surface area contributed by atoms with Gasteiger partial charge < -0.3 is 5.73 Å². The van der Waals surface area contributed by atoms with Crippen molar-refractivity contribution in [2.75, 3.05) is 0 Å². The lowest BCUT2D eigenvalue weighted by molar-refractivity contribution is -0.143. The Hall–Kier alpha value is -1.99. The molecule has 0 aromatic heterocycles. The van der Waals surface area contributed by atoms with E-state index in [9.17, 15) is 31.1 Å². The summed E-state index contributed by atoms with van der Waals surface area (Å²) in [6.45, 7) is 0. The van der Waals surface area contributed by atoms with E-state index < -0.39 is 35.0 Å². The smallest absolute Gasteiger partial charge is 0.366 e. The number of hydrogen-bond acceptors (Lipinski definition) is 1. The quantitative estimate of drug-likeness (QED) is 0.657. The predicted octanol–water partition coefficient (Wildman–Crippen LogP) is 3.22. The van der Waals surface area contributed by atoms with E-state index in [4.69, 9.17) is 5.73 Å². The van der Waals surface area contributed by atoms with Gasteiger partial charge in [-0.2, -0.15) is 26.3 Å². The third kappa shape index (κ3) is 4.31. The Morgan fingerprint density at radius 3 is 1.68 bits per heavy atom. The fourth-order valence-corrected chi connectivity index (χ4v) is 1.25. The van der Waals surface area contributed by atoms with Gasteiger partial charge in [-0.25, -0.2) is 0 Å². The van der Waals surface area contributed by atoms with Gasteiger partial charge in [-0.15, -0.1) is 0 Å². The summed E-state index contributed by atoms with van der Waals surface area (Å²) in [5.41, 5.74) is 1.40. The summed E-state index contributed by atoms with van der Waals surface area (Å²) in [6, 6.07) is 0.991. The van der Waals surface area contributed by atoms with Crippen molar-refractivity contribution in [3.05, 3.63) is 41.0 Å². The molecule has 1 rings (SSSR count). The zero-order chi connectivity index (χ0) is 14.8. The van der Waals surface area contributed by atoms with Crippen molar-refractivity contribution in [1.29, 1.82) is 0 Å². The SMILES string of the molecule is NC(=O)/C=C\c1cc(C(F)(F)F)cc(C(F)(F)F)c1. The zero-order valence-corrected chi connectivity index (χ0v) is 9.14. The van der Waals surface area contributed by atoms with E-state index in [1.807, 2.05) is 0 Å². The van der Waals surface area contributed by atoms with E-state index in [1.165, 1.54) is 0 Å². The van der Waals surface area contributed by atoms with Crippen LogP contribution in [0.25, 0.3) is 6.08 Å². The average molecular weight is 283 g/mol. The molecule has 8 heteroatoms. The van der Waals surface area contributed by atoms with Crippen molar-refractivity contribution in [2.45, 2.75) is 12.4 Å². The molecule has 0 spiro atoms. The van der Waals surface area contributed by atoms with Crippen molar-refractivity contribution in [3.8, 4) is 0 Å². The molecule has 19 heavy (non-hydrogen) atoms. The standard InChI is InChI=1S/C11H7F6NO/c12-10(13,14)7-3-6(1-2-9(18)19)4-8(5-7)11(15,16)17/h1-5H,(H2,18,19)/b2-1-. The number of alkyl halides is 6. The Balaban J connectivity index is 3.37. The number of rotatable bonds is 2. The van der Waals surface area contributed by atoms with Crippen LogP contribution >= 0.6 is 0 Å². The summed E-state index contributed by atoms with van der Waals surface area (Å²) in [6.07, 6.45) is -8.38. The minimum atomic E-state index is -4.92. The van der Waals surface area contributed by atoms with Gasteiger partial charge in [-0.05, 0) is 29.8 Å². The minimum absolute atomic E-state index is 0.00159. The van der Waals surface area contributed by atoms with Gasteiger partial charge in [0.05, 0.1) is 11.1 Å². The van der Waals surface area contributed by atoms with Crippen LogP contribution in [0.3, 0.4) is 0 Å². The van der Waals surface area contributed by atoms with Crippen LogP contribution in [-0.4, -0.2) is 5.91 Å². The highest BCUT2D eigenvalue weighted by atomic mass is 19.4. The molecule has 0 aliphatic heterocycles. The molecule has 1 amide bonds. The summed E-state index contributed by atoms with van der Waals surface area (Å²) >= 11 is 0. The van der Waals surface area contributed by atoms with Gasteiger partial charge in [-0.3, -0.25) is 4.79 Å². The number of primary amides is 1. The second-order valence-electron chi connectivity index (χ2n) is 3.57. The van der Waals surface area contributed by atoms with Crippen LogP contribution in [0, 0.1) is 0 Å². The zero-order valence-electron chi connectivity index (χ0n) is 9.14. The topological polar surface area (TPSA) is 43.1 Å². The molecule has 0 saturated heterocycles. The molecule has 0 radical (unpaired) electrons. The fourth-order valence-electron chi connectivity index (χ4n) is 1.25. The van der Waals surface area contributed by atoms with Crippen molar-refractivity contribution in [2.24, 2.45) is 5.73 Å². The van der Waals surface area contributed by atoms with Crippen LogP contribution in [0.5, 0.6) is 0 Å². The molecule has 0 atom stereocenters. The molecular formula is C11H7F6NO. The summed E-state index contributed by atoms with van der Waals surface area (Å²) in [5.74, 6) is -0.981. The van der Waals surface area contributed by atoms with E-state index in [0.29, 0.717) is 18.2 Å². The Kier molecular flexibility index (Phi) is 3.92. The molecule has 0 aliphatic rings. The third-order valence-corrected chi connectivity index (χ3v) is 2.05. The fraction of sp³-hybridized carbons (Fsp3) is 0.182. The second-order valence-corrected chi connectivity index (χ2v) is 3.57. The van der Waals surface area contributed by atoms with Gasteiger partial charge in [0.1, 0.15) is 0 Å². The first kappa shape index (κ1) is 15.1. The number of hydrogen-bond donors (Lipinski definition) is 1. The van der Waals surface area contributed by atoms with Crippen LogP contribution in [-0.2, 0) is 17.1 Å². The van der Waals surface area contributed by atoms with Crippen LogP contribution in [0.15, 0.2) is 24.3 Å². The summed E-state index contributed by atoms with van der Waals surface area (Å²) in [5, 5.41) is 0. The first-order valence-electron chi connectivity index (χ1n) is 4.77. The molecule has 2 N–H and O–H groups in total. The summed E-state index contributed by atoms with van der Waals surface area (Å²) < 4.78 is 74.7.